The second kappa shape index (κ2) is 7.26. The molecule has 0 fully saturated rings. The topological polar surface area (TPSA) is 58.2 Å². The molecule has 0 aliphatic carbocycles. The van der Waals surface area contributed by atoms with Gasteiger partial charge in [0.2, 0.25) is 10.0 Å². The van der Waals surface area contributed by atoms with Crippen LogP contribution >= 0.6 is 15.9 Å². The normalized spacial score (nSPS) is 11.6. The van der Waals surface area contributed by atoms with E-state index in [0.29, 0.717) is 12.1 Å². The monoisotopic (exact) mass is 348 g/mol. The first kappa shape index (κ1) is 16.5. The van der Waals surface area contributed by atoms with E-state index in [1.54, 1.807) is 0 Å². The van der Waals surface area contributed by atoms with Crippen LogP contribution in [-0.2, 0) is 10.0 Å². The molecular weight excluding hydrogens is 328 g/mol. The second-order valence-corrected chi connectivity index (χ2v) is 7.30. The van der Waals surface area contributed by atoms with Crippen molar-refractivity contribution >= 4 is 31.6 Å². The van der Waals surface area contributed by atoms with Gasteiger partial charge in [-0.1, -0.05) is 22.9 Å². The lowest BCUT2D eigenvalue weighted by Gasteiger charge is -2.14. The van der Waals surface area contributed by atoms with E-state index >= 15 is 0 Å². The van der Waals surface area contributed by atoms with Crippen molar-refractivity contribution in [2.24, 2.45) is 0 Å². The molecule has 0 aromatic heterocycles. The third kappa shape index (κ3) is 5.50. The molecule has 0 saturated carbocycles. The number of benzene rings is 1. The third-order valence-electron chi connectivity index (χ3n) is 2.77. The fraction of sp³-hybridized carbons (Fsp3) is 0.538. The Morgan fingerprint density at radius 1 is 1.21 bits per heavy atom. The van der Waals surface area contributed by atoms with Gasteiger partial charge in [0.25, 0.3) is 0 Å². The second-order valence-electron chi connectivity index (χ2n) is 4.54. The highest BCUT2D eigenvalue weighted by atomic mass is 79.9. The average Bonchev–Trinajstić information content (AvgIpc) is 2.29. The highest BCUT2D eigenvalue weighted by Gasteiger charge is 2.13. The maximum absolute atomic E-state index is 12.0. The number of nitrogens with one attached hydrogen (secondary N) is 2. The zero-order valence-corrected chi connectivity index (χ0v) is 14.0. The van der Waals surface area contributed by atoms with Crippen molar-refractivity contribution in [3.8, 4) is 0 Å². The Labute approximate surface area is 124 Å². The van der Waals surface area contributed by atoms with Crippen LogP contribution in [0, 0.1) is 13.8 Å². The predicted molar refractivity (Wildman–Crippen MR) is 84.2 cm³/mol. The minimum atomic E-state index is -3.28. The predicted octanol–water partition coefficient (Wildman–Crippen LogP) is 2.81. The van der Waals surface area contributed by atoms with Gasteiger partial charge < -0.3 is 5.32 Å². The summed E-state index contributed by atoms with van der Waals surface area (Å²) in [7, 11) is -3.28. The molecule has 0 saturated heterocycles. The molecule has 0 unspecified atom stereocenters. The maximum atomic E-state index is 12.0. The quantitative estimate of drug-likeness (QED) is 0.745. The van der Waals surface area contributed by atoms with E-state index in [4.69, 9.17) is 0 Å². The van der Waals surface area contributed by atoms with Crippen LogP contribution in [-0.4, -0.2) is 27.3 Å². The molecule has 1 aromatic carbocycles. The van der Waals surface area contributed by atoms with E-state index in [0.717, 1.165) is 28.7 Å². The molecule has 0 radical (unpaired) electrons. The summed E-state index contributed by atoms with van der Waals surface area (Å²) in [5.41, 5.74) is 2.52. The summed E-state index contributed by atoms with van der Waals surface area (Å²) in [6.07, 6.45) is 0.609. The minimum Gasteiger partial charge on any atom is -0.317 e. The standard InChI is InChI=1S/C13H21BrN2O2S/c1-4-15-6-5-7-19(17,18)16-13-10(2)8-12(14)9-11(13)3/h8-9,15-16H,4-7H2,1-3H3. The highest BCUT2D eigenvalue weighted by Crippen LogP contribution is 2.26. The van der Waals surface area contributed by atoms with Gasteiger partial charge in [0, 0.05) is 4.47 Å². The largest absolute Gasteiger partial charge is 0.317 e. The zero-order chi connectivity index (χ0) is 14.5. The molecular formula is C13H21BrN2O2S. The molecule has 0 heterocycles. The molecule has 0 aliphatic heterocycles. The lowest BCUT2D eigenvalue weighted by molar-refractivity contribution is 0.595. The summed E-state index contributed by atoms with van der Waals surface area (Å²) in [5, 5.41) is 3.12. The van der Waals surface area contributed by atoms with E-state index < -0.39 is 10.0 Å². The van der Waals surface area contributed by atoms with E-state index in [2.05, 4.69) is 26.0 Å². The van der Waals surface area contributed by atoms with Crippen LogP contribution in [0.15, 0.2) is 16.6 Å². The van der Waals surface area contributed by atoms with E-state index in [1.165, 1.54) is 0 Å². The van der Waals surface area contributed by atoms with Gasteiger partial charge in [-0.3, -0.25) is 4.72 Å². The molecule has 0 spiro atoms. The van der Waals surface area contributed by atoms with E-state index in [9.17, 15) is 8.42 Å². The van der Waals surface area contributed by atoms with Crippen LogP contribution in [0.1, 0.15) is 24.5 Å². The van der Waals surface area contributed by atoms with Crippen molar-refractivity contribution in [3.05, 3.63) is 27.7 Å². The van der Waals surface area contributed by atoms with E-state index in [-0.39, 0.29) is 5.75 Å². The molecule has 19 heavy (non-hydrogen) atoms. The van der Waals surface area contributed by atoms with Crippen molar-refractivity contribution < 1.29 is 8.42 Å². The Morgan fingerprint density at radius 3 is 2.32 bits per heavy atom. The van der Waals surface area contributed by atoms with Gasteiger partial charge in [-0.05, 0) is 56.6 Å². The van der Waals surface area contributed by atoms with Crippen LogP contribution in [0.2, 0.25) is 0 Å². The van der Waals surface area contributed by atoms with Gasteiger partial charge in [-0.25, -0.2) is 8.42 Å². The average molecular weight is 349 g/mol. The van der Waals surface area contributed by atoms with Crippen molar-refractivity contribution in [3.63, 3.8) is 0 Å². The van der Waals surface area contributed by atoms with Crippen molar-refractivity contribution in [1.82, 2.24) is 5.32 Å². The molecule has 0 amide bonds. The Hall–Kier alpha value is -0.590. The zero-order valence-electron chi connectivity index (χ0n) is 11.6. The fourth-order valence-electron chi connectivity index (χ4n) is 1.84. The Morgan fingerprint density at radius 2 is 1.79 bits per heavy atom. The molecule has 4 nitrogen and oxygen atoms in total. The number of hydrogen-bond acceptors (Lipinski definition) is 3. The maximum Gasteiger partial charge on any atom is 0.232 e. The summed E-state index contributed by atoms with van der Waals surface area (Å²) in [6, 6.07) is 3.81. The number of rotatable bonds is 7. The first-order valence-corrected chi connectivity index (χ1v) is 8.78. The SMILES string of the molecule is CCNCCCS(=O)(=O)Nc1c(C)cc(Br)cc1C. The summed E-state index contributed by atoms with van der Waals surface area (Å²) in [5.74, 6) is 0.134. The van der Waals surface area contributed by atoms with Crippen LogP contribution in [0.5, 0.6) is 0 Å². The molecule has 108 valence electrons. The summed E-state index contributed by atoms with van der Waals surface area (Å²) >= 11 is 3.40. The van der Waals surface area contributed by atoms with Crippen molar-refractivity contribution in [2.75, 3.05) is 23.6 Å². The van der Waals surface area contributed by atoms with Crippen molar-refractivity contribution in [1.29, 1.82) is 0 Å². The number of sulfonamides is 1. The lowest BCUT2D eigenvalue weighted by Crippen LogP contribution is -2.22. The Kier molecular flexibility index (Phi) is 6.29. The van der Waals surface area contributed by atoms with Gasteiger partial charge in [0.15, 0.2) is 0 Å². The summed E-state index contributed by atoms with van der Waals surface area (Å²) in [6.45, 7) is 7.37. The van der Waals surface area contributed by atoms with E-state index in [1.807, 2.05) is 32.9 Å². The molecule has 1 aromatic rings. The number of halogens is 1. The highest BCUT2D eigenvalue weighted by molar-refractivity contribution is 9.10. The van der Waals surface area contributed by atoms with Crippen LogP contribution in [0.3, 0.4) is 0 Å². The van der Waals surface area contributed by atoms with Gasteiger partial charge in [0.05, 0.1) is 11.4 Å². The van der Waals surface area contributed by atoms with Crippen LogP contribution < -0.4 is 10.0 Å². The number of aryl methyl sites for hydroxylation is 2. The Balaban J connectivity index is 2.73. The fourth-order valence-corrected chi connectivity index (χ4v) is 3.79. The van der Waals surface area contributed by atoms with Crippen LogP contribution in [0.25, 0.3) is 0 Å². The molecule has 0 bridgehead atoms. The summed E-state index contributed by atoms with van der Waals surface area (Å²) < 4.78 is 27.6. The van der Waals surface area contributed by atoms with Gasteiger partial charge in [-0.2, -0.15) is 0 Å². The van der Waals surface area contributed by atoms with Gasteiger partial charge in [-0.15, -0.1) is 0 Å². The number of anilines is 1. The minimum absolute atomic E-state index is 0.134. The molecule has 2 N–H and O–H groups in total. The lowest BCUT2D eigenvalue weighted by atomic mass is 10.1. The smallest absolute Gasteiger partial charge is 0.232 e. The van der Waals surface area contributed by atoms with Crippen LogP contribution in [0.4, 0.5) is 5.69 Å². The Bertz CT molecular complexity index is 506. The van der Waals surface area contributed by atoms with Gasteiger partial charge >= 0.3 is 0 Å². The molecule has 0 aliphatic rings. The molecule has 1 rings (SSSR count). The van der Waals surface area contributed by atoms with Gasteiger partial charge in [0.1, 0.15) is 0 Å². The molecule has 6 heteroatoms. The summed E-state index contributed by atoms with van der Waals surface area (Å²) in [4.78, 5) is 0. The third-order valence-corrected chi connectivity index (χ3v) is 4.57. The first-order valence-electron chi connectivity index (χ1n) is 6.33. The van der Waals surface area contributed by atoms with Crippen molar-refractivity contribution in [2.45, 2.75) is 27.2 Å². The molecule has 0 atom stereocenters. The number of hydrogen-bond donors (Lipinski definition) is 2. The first-order chi connectivity index (χ1) is 8.85.